The molecule has 0 aromatic heterocycles. The summed E-state index contributed by atoms with van der Waals surface area (Å²) in [5.74, 6) is 0.00438. The van der Waals surface area contributed by atoms with E-state index >= 15 is 0 Å². The second-order valence-corrected chi connectivity index (χ2v) is 8.97. The Morgan fingerprint density at radius 2 is 1.86 bits per heavy atom. The number of amides is 2. The van der Waals surface area contributed by atoms with Crippen LogP contribution in [0.15, 0.2) is 47.4 Å². The molecule has 1 N–H and O–H groups in total. The summed E-state index contributed by atoms with van der Waals surface area (Å²) in [6.45, 7) is 5.81. The van der Waals surface area contributed by atoms with Crippen LogP contribution in [-0.2, 0) is 11.3 Å². The summed E-state index contributed by atoms with van der Waals surface area (Å²) in [6, 6.07) is 13.5. The predicted octanol–water partition coefficient (Wildman–Crippen LogP) is 3.73. The average Bonchev–Trinajstić information content (AvgIpc) is 2.70. The lowest BCUT2D eigenvalue weighted by Crippen LogP contribution is -2.48. The first-order valence-corrected chi connectivity index (χ1v) is 10.6. The van der Waals surface area contributed by atoms with Crippen LogP contribution in [0, 0.1) is 0 Å². The zero-order valence-electron chi connectivity index (χ0n) is 15.7. The van der Waals surface area contributed by atoms with Crippen molar-refractivity contribution >= 4 is 40.9 Å². The largest absolute Gasteiger partial charge is 0.336 e. The van der Waals surface area contributed by atoms with Gasteiger partial charge in [0.1, 0.15) is 0 Å². The molecule has 28 heavy (non-hydrogen) atoms. The normalized spacial score (nSPS) is 19.9. The van der Waals surface area contributed by atoms with E-state index in [0.29, 0.717) is 18.7 Å². The minimum atomic E-state index is -0.109. The molecule has 0 spiro atoms. The van der Waals surface area contributed by atoms with E-state index in [0.717, 1.165) is 35.2 Å². The summed E-state index contributed by atoms with van der Waals surface area (Å²) in [5.41, 5.74) is 2.59. The minimum Gasteiger partial charge on any atom is -0.336 e. The molecule has 2 heterocycles. The van der Waals surface area contributed by atoms with Gasteiger partial charge < -0.3 is 10.2 Å². The molecule has 2 aliphatic heterocycles. The van der Waals surface area contributed by atoms with Gasteiger partial charge in [-0.2, -0.15) is 0 Å². The Hall–Kier alpha value is -2.02. The molecule has 7 heteroatoms. The van der Waals surface area contributed by atoms with Gasteiger partial charge in [-0.15, -0.1) is 11.8 Å². The van der Waals surface area contributed by atoms with Gasteiger partial charge in [-0.1, -0.05) is 23.7 Å². The van der Waals surface area contributed by atoms with E-state index in [1.54, 1.807) is 6.07 Å². The van der Waals surface area contributed by atoms with Crippen molar-refractivity contribution in [2.45, 2.75) is 23.6 Å². The Morgan fingerprint density at radius 3 is 2.57 bits per heavy atom. The Bertz CT molecular complexity index is 895. The van der Waals surface area contributed by atoms with Crippen LogP contribution in [0.5, 0.6) is 0 Å². The number of nitrogens with zero attached hydrogens (tertiary/aromatic N) is 2. The maximum Gasteiger partial charge on any atom is 0.254 e. The molecule has 2 amide bonds. The Morgan fingerprint density at radius 1 is 1.14 bits per heavy atom. The average molecular weight is 416 g/mol. The Kier molecular flexibility index (Phi) is 5.62. The fourth-order valence-electron chi connectivity index (χ4n) is 3.48. The number of benzene rings is 2. The molecular formula is C21H22ClN3O2S. The van der Waals surface area contributed by atoms with Crippen LogP contribution in [0.25, 0.3) is 0 Å². The molecule has 0 aliphatic carbocycles. The SMILES string of the molecule is CC1Sc2ccc(C(=O)N3CCN(Cc4ccc(Cl)cc4)CC3)cc2NC1=O. The summed E-state index contributed by atoms with van der Waals surface area (Å²) < 4.78 is 0. The lowest BCUT2D eigenvalue weighted by molar-refractivity contribution is -0.115. The highest BCUT2D eigenvalue weighted by molar-refractivity contribution is 8.00. The number of anilines is 1. The molecule has 0 bridgehead atoms. The molecule has 2 aromatic carbocycles. The van der Waals surface area contributed by atoms with Crippen LogP contribution >= 0.6 is 23.4 Å². The summed E-state index contributed by atoms with van der Waals surface area (Å²) in [6.07, 6.45) is 0. The molecule has 2 aliphatic rings. The van der Waals surface area contributed by atoms with E-state index in [1.807, 2.05) is 48.2 Å². The zero-order valence-corrected chi connectivity index (χ0v) is 17.2. The first kappa shape index (κ1) is 19.3. The van der Waals surface area contributed by atoms with Gasteiger partial charge in [0.2, 0.25) is 5.91 Å². The highest BCUT2D eigenvalue weighted by Crippen LogP contribution is 2.36. The summed E-state index contributed by atoms with van der Waals surface area (Å²) in [4.78, 5) is 30.1. The van der Waals surface area contributed by atoms with Crippen LogP contribution in [0.1, 0.15) is 22.8 Å². The maximum atomic E-state index is 12.9. The van der Waals surface area contributed by atoms with Crippen molar-refractivity contribution < 1.29 is 9.59 Å². The number of thioether (sulfide) groups is 1. The number of piperazine rings is 1. The highest BCUT2D eigenvalue weighted by atomic mass is 35.5. The van der Waals surface area contributed by atoms with Gasteiger partial charge in [-0.3, -0.25) is 14.5 Å². The predicted molar refractivity (Wildman–Crippen MR) is 113 cm³/mol. The number of fused-ring (bicyclic) bond motifs is 1. The number of halogens is 1. The third-order valence-electron chi connectivity index (χ3n) is 5.14. The van der Waals surface area contributed by atoms with Crippen molar-refractivity contribution in [1.29, 1.82) is 0 Å². The second kappa shape index (κ2) is 8.15. The summed E-state index contributed by atoms with van der Waals surface area (Å²) >= 11 is 7.47. The number of nitrogens with one attached hydrogen (secondary N) is 1. The smallest absolute Gasteiger partial charge is 0.254 e. The molecule has 5 nitrogen and oxygen atoms in total. The van der Waals surface area contributed by atoms with E-state index in [2.05, 4.69) is 10.2 Å². The molecule has 1 saturated heterocycles. The zero-order chi connectivity index (χ0) is 19.7. The number of hydrogen-bond acceptors (Lipinski definition) is 4. The molecule has 0 saturated carbocycles. The van der Waals surface area contributed by atoms with Crippen molar-refractivity contribution in [2.75, 3.05) is 31.5 Å². The molecule has 1 fully saturated rings. The molecule has 0 radical (unpaired) electrons. The number of rotatable bonds is 3. The molecule has 1 unspecified atom stereocenters. The second-order valence-electron chi connectivity index (χ2n) is 7.16. The lowest BCUT2D eigenvalue weighted by atomic mass is 10.1. The van der Waals surface area contributed by atoms with E-state index in [-0.39, 0.29) is 17.1 Å². The van der Waals surface area contributed by atoms with Gasteiger partial charge in [0.25, 0.3) is 5.91 Å². The van der Waals surface area contributed by atoms with E-state index in [4.69, 9.17) is 11.6 Å². The number of carbonyl (C=O) groups excluding carboxylic acids is 2. The Balaban J connectivity index is 1.37. The van der Waals surface area contributed by atoms with Gasteiger partial charge in [-0.05, 0) is 42.8 Å². The first-order valence-electron chi connectivity index (χ1n) is 9.37. The third kappa shape index (κ3) is 4.19. The van der Waals surface area contributed by atoms with Gasteiger partial charge in [0, 0.05) is 48.2 Å². The molecular weight excluding hydrogens is 394 g/mol. The Labute approximate surface area is 174 Å². The number of carbonyl (C=O) groups is 2. The van der Waals surface area contributed by atoms with E-state index < -0.39 is 0 Å². The quantitative estimate of drug-likeness (QED) is 0.829. The third-order valence-corrected chi connectivity index (χ3v) is 6.57. The van der Waals surface area contributed by atoms with E-state index in [1.165, 1.54) is 17.3 Å². The topological polar surface area (TPSA) is 52.7 Å². The van der Waals surface area contributed by atoms with Crippen molar-refractivity contribution in [1.82, 2.24) is 9.80 Å². The van der Waals surface area contributed by atoms with Crippen molar-refractivity contribution in [2.24, 2.45) is 0 Å². The molecule has 4 rings (SSSR count). The van der Waals surface area contributed by atoms with Crippen LogP contribution in [0.4, 0.5) is 5.69 Å². The minimum absolute atomic E-state index is 0.0158. The summed E-state index contributed by atoms with van der Waals surface area (Å²) in [7, 11) is 0. The van der Waals surface area contributed by atoms with Crippen molar-refractivity contribution in [3.63, 3.8) is 0 Å². The fourth-order valence-corrected chi connectivity index (χ4v) is 4.54. The van der Waals surface area contributed by atoms with E-state index in [9.17, 15) is 9.59 Å². The molecule has 146 valence electrons. The van der Waals surface area contributed by atoms with Gasteiger partial charge in [0.05, 0.1) is 10.9 Å². The highest BCUT2D eigenvalue weighted by Gasteiger charge is 2.26. The van der Waals surface area contributed by atoms with Crippen LogP contribution in [0.2, 0.25) is 5.02 Å². The maximum absolute atomic E-state index is 12.9. The van der Waals surface area contributed by atoms with Crippen molar-refractivity contribution in [3.05, 3.63) is 58.6 Å². The van der Waals surface area contributed by atoms with Gasteiger partial charge in [0.15, 0.2) is 0 Å². The molecule has 1 atom stereocenters. The monoisotopic (exact) mass is 415 g/mol. The molecule has 2 aromatic rings. The van der Waals surface area contributed by atoms with Crippen LogP contribution in [0.3, 0.4) is 0 Å². The van der Waals surface area contributed by atoms with Crippen LogP contribution in [-0.4, -0.2) is 53.0 Å². The fraction of sp³-hybridized carbons (Fsp3) is 0.333. The van der Waals surface area contributed by atoms with Crippen molar-refractivity contribution in [3.8, 4) is 0 Å². The van der Waals surface area contributed by atoms with Crippen LogP contribution < -0.4 is 5.32 Å². The number of hydrogen-bond donors (Lipinski definition) is 1. The van der Waals surface area contributed by atoms with Gasteiger partial charge >= 0.3 is 0 Å². The lowest BCUT2D eigenvalue weighted by Gasteiger charge is -2.35. The summed E-state index contributed by atoms with van der Waals surface area (Å²) in [5, 5.41) is 3.53. The first-order chi connectivity index (χ1) is 13.5. The van der Waals surface area contributed by atoms with Gasteiger partial charge in [-0.25, -0.2) is 0 Å². The standard InChI is InChI=1S/C21H22ClN3O2S/c1-14-20(26)23-18-12-16(4-7-19(18)28-14)21(27)25-10-8-24(9-11-25)13-15-2-5-17(22)6-3-15/h2-7,12,14H,8-11,13H2,1H3,(H,23,26).